The molecule has 0 saturated heterocycles. The zero-order chi connectivity index (χ0) is 18.3. The van der Waals surface area contributed by atoms with Crippen molar-refractivity contribution in [1.29, 1.82) is 0 Å². The fraction of sp³-hybridized carbons (Fsp3) is 0.211. The van der Waals surface area contributed by atoms with E-state index in [1.165, 1.54) is 4.52 Å². The van der Waals surface area contributed by atoms with Gasteiger partial charge in [0.1, 0.15) is 0 Å². The molecule has 0 saturated carbocycles. The third-order valence-corrected chi connectivity index (χ3v) is 4.81. The highest BCUT2D eigenvalue weighted by atomic mass is 35.5. The number of rotatable bonds is 4. The van der Waals surface area contributed by atoms with Gasteiger partial charge < -0.3 is 0 Å². The molecule has 3 heterocycles. The van der Waals surface area contributed by atoms with Gasteiger partial charge in [-0.2, -0.15) is 5.10 Å². The topological polar surface area (TPSA) is 68.0 Å². The van der Waals surface area contributed by atoms with Gasteiger partial charge in [-0.3, -0.25) is 14.6 Å². The van der Waals surface area contributed by atoms with E-state index in [1.54, 1.807) is 18.5 Å². The van der Waals surface area contributed by atoms with Crippen molar-refractivity contribution in [2.45, 2.75) is 26.3 Å². The van der Waals surface area contributed by atoms with E-state index >= 15 is 0 Å². The Morgan fingerprint density at radius 3 is 2.69 bits per heavy atom. The van der Waals surface area contributed by atoms with Crippen molar-refractivity contribution in [3.63, 3.8) is 0 Å². The summed E-state index contributed by atoms with van der Waals surface area (Å²) < 4.78 is 3.38. The first-order valence-electron chi connectivity index (χ1n) is 8.38. The molecule has 1 aromatic carbocycles. The Labute approximate surface area is 155 Å². The molecule has 0 radical (unpaired) electrons. The van der Waals surface area contributed by atoms with Gasteiger partial charge in [0.25, 0.3) is 5.56 Å². The summed E-state index contributed by atoms with van der Waals surface area (Å²) in [6.07, 6.45) is 3.57. The summed E-state index contributed by atoms with van der Waals surface area (Å²) in [7, 11) is 0. The fourth-order valence-electron chi connectivity index (χ4n) is 3.04. The van der Waals surface area contributed by atoms with Gasteiger partial charge in [-0.15, -0.1) is 0 Å². The first kappa shape index (κ1) is 16.6. The normalized spacial score (nSPS) is 12.6. The number of nitrogens with one attached hydrogen (secondary N) is 1. The Morgan fingerprint density at radius 2 is 2.00 bits per heavy atom. The summed E-state index contributed by atoms with van der Waals surface area (Å²) >= 11 is 5.98. The molecule has 1 N–H and O–H groups in total. The van der Waals surface area contributed by atoms with Gasteiger partial charge in [-0.25, -0.2) is 9.50 Å². The molecule has 7 heteroatoms. The monoisotopic (exact) mass is 367 g/mol. The number of aromatic nitrogens is 5. The van der Waals surface area contributed by atoms with Gasteiger partial charge in [0, 0.05) is 47.2 Å². The van der Waals surface area contributed by atoms with E-state index in [0.717, 1.165) is 22.5 Å². The van der Waals surface area contributed by atoms with E-state index in [0.29, 0.717) is 17.2 Å². The molecule has 0 aliphatic rings. The van der Waals surface area contributed by atoms with Crippen molar-refractivity contribution in [3.05, 3.63) is 75.6 Å². The molecule has 4 rings (SSSR count). The highest BCUT2D eigenvalue weighted by Gasteiger charge is 2.15. The average Bonchev–Trinajstić information content (AvgIpc) is 3.22. The zero-order valence-electron chi connectivity index (χ0n) is 14.5. The summed E-state index contributed by atoms with van der Waals surface area (Å²) in [6.45, 7) is 4.73. The Balaban J connectivity index is 1.77. The smallest absolute Gasteiger partial charge is 0.272 e. The number of H-pyrrole nitrogens is 1. The minimum absolute atomic E-state index is 0.0549. The number of benzene rings is 1. The van der Waals surface area contributed by atoms with Gasteiger partial charge in [0.2, 0.25) is 0 Å². The predicted octanol–water partition coefficient (Wildman–Crippen LogP) is 3.65. The lowest BCUT2D eigenvalue weighted by atomic mass is 10.1. The maximum atomic E-state index is 12.5. The number of hydrogen-bond donors (Lipinski definition) is 1. The minimum atomic E-state index is -0.130. The van der Waals surface area contributed by atoms with Crippen LogP contribution in [0.15, 0.2) is 53.6 Å². The fourth-order valence-corrected chi connectivity index (χ4v) is 3.16. The van der Waals surface area contributed by atoms with Crippen LogP contribution in [0.5, 0.6) is 0 Å². The number of aryl methyl sites for hydroxylation is 1. The van der Waals surface area contributed by atoms with Gasteiger partial charge in [-0.05, 0) is 30.7 Å². The van der Waals surface area contributed by atoms with E-state index < -0.39 is 0 Å². The van der Waals surface area contributed by atoms with E-state index in [2.05, 4.69) is 10.2 Å². The first-order valence-corrected chi connectivity index (χ1v) is 8.76. The molecule has 0 aliphatic carbocycles. The third kappa shape index (κ3) is 2.93. The van der Waals surface area contributed by atoms with E-state index in [9.17, 15) is 4.79 Å². The molecule has 0 bridgehead atoms. The lowest BCUT2D eigenvalue weighted by molar-refractivity contribution is 0.523. The molecule has 132 valence electrons. The van der Waals surface area contributed by atoms with Gasteiger partial charge in [-0.1, -0.05) is 30.7 Å². The predicted molar refractivity (Wildman–Crippen MR) is 102 cm³/mol. The van der Waals surface area contributed by atoms with Crippen molar-refractivity contribution in [3.8, 4) is 11.1 Å². The van der Waals surface area contributed by atoms with Crippen LogP contribution in [0.4, 0.5) is 0 Å². The van der Waals surface area contributed by atoms with Crippen LogP contribution in [-0.2, 0) is 6.54 Å². The van der Waals surface area contributed by atoms with Crippen molar-refractivity contribution < 1.29 is 0 Å². The van der Waals surface area contributed by atoms with Crippen LogP contribution in [0, 0.1) is 6.92 Å². The summed E-state index contributed by atoms with van der Waals surface area (Å²) in [5, 5.41) is 7.97. The maximum absolute atomic E-state index is 12.5. The average molecular weight is 368 g/mol. The first-order chi connectivity index (χ1) is 12.5. The molecule has 26 heavy (non-hydrogen) atoms. The molecular formula is C19H18ClN5O. The second kappa shape index (κ2) is 6.46. The Hall–Kier alpha value is -2.86. The van der Waals surface area contributed by atoms with Crippen LogP contribution >= 0.6 is 11.6 Å². The summed E-state index contributed by atoms with van der Waals surface area (Å²) in [5.41, 5.74) is 4.13. The van der Waals surface area contributed by atoms with Gasteiger partial charge in [0.05, 0.1) is 5.69 Å². The Morgan fingerprint density at radius 1 is 1.23 bits per heavy atom. The lowest BCUT2D eigenvalue weighted by Gasteiger charge is -2.12. The molecule has 0 fully saturated rings. The Kier molecular flexibility index (Phi) is 4.12. The summed E-state index contributed by atoms with van der Waals surface area (Å²) in [4.78, 5) is 17.3. The number of aromatic amines is 1. The van der Waals surface area contributed by atoms with Crippen LogP contribution < -0.4 is 5.56 Å². The second-order valence-corrected chi connectivity index (χ2v) is 6.86. The Bertz CT molecular complexity index is 1120. The minimum Gasteiger partial charge on any atom is -0.296 e. The second-order valence-electron chi connectivity index (χ2n) is 6.43. The van der Waals surface area contributed by atoms with E-state index in [-0.39, 0.29) is 11.5 Å². The quantitative estimate of drug-likeness (QED) is 0.598. The highest BCUT2D eigenvalue weighted by molar-refractivity contribution is 6.30. The standard InChI is InChI=1S/C19H18ClN5O/c1-12(11-24-13(2)7-8-21-24)17-9-18(26)25-19(23-17)16(10-22-25)14-3-5-15(20)6-4-14/h3-10,12,22H,11H2,1-2H3/t12-/m1/s1. The number of halogens is 1. The maximum Gasteiger partial charge on any atom is 0.272 e. The van der Waals surface area contributed by atoms with Crippen LogP contribution in [0.3, 0.4) is 0 Å². The zero-order valence-corrected chi connectivity index (χ0v) is 15.2. The van der Waals surface area contributed by atoms with Crippen molar-refractivity contribution in [2.24, 2.45) is 0 Å². The molecule has 4 aromatic rings. The lowest BCUT2D eigenvalue weighted by Crippen LogP contribution is -2.18. The van der Waals surface area contributed by atoms with E-state index in [1.807, 2.05) is 48.9 Å². The summed E-state index contributed by atoms with van der Waals surface area (Å²) in [6, 6.07) is 11.0. The molecule has 1 atom stereocenters. The number of fused-ring (bicyclic) bond motifs is 1. The van der Waals surface area contributed by atoms with Gasteiger partial charge in [0.15, 0.2) is 5.65 Å². The number of nitrogens with zero attached hydrogens (tertiary/aromatic N) is 4. The number of hydrogen-bond acceptors (Lipinski definition) is 3. The summed E-state index contributed by atoms with van der Waals surface area (Å²) in [5.74, 6) is 0.0549. The SMILES string of the molecule is Cc1ccnn1C[C@@H](C)c1cc(=O)n2[nH]cc(-c3ccc(Cl)cc3)c2n1. The van der Waals surface area contributed by atoms with Crippen LogP contribution in [0.2, 0.25) is 5.02 Å². The van der Waals surface area contributed by atoms with E-state index in [4.69, 9.17) is 16.6 Å². The molecule has 0 aliphatic heterocycles. The van der Waals surface area contributed by atoms with Crippen molar-refractivity contribution in [2.75, 3.05) is 0 Å². The third-order valence-electron chi connectivity index (χ3n) is 4.55. The van der Waals surface area contributed by atoms with Crippen LogP contribution in [-0.4, -0.2) is 24.4 Å². The van der Waals surface area contributed by atoms with Gasteiger partial charge >= 0.3 is 0 Å². The molecule has 6 nitrogen and oxygen atoms in total. The van der Waals surface area contributed by atoms with Crippen molar-refractivity contribution in [1.82, 2.24) is 24.4 Å². The van der Waals surface area contributed by atoms with Crippen molar-refractivity contribution >= 4 is 17.2 Å². The van der Waals surface area contributed by atoms with Crippen LogP contribution in [0.25, 0.3) is 16.8 Å². The molecular weight excluding hydrogens is 350 g/mol. The molecule has 0 spiro atoms. The molecule has 3 aromatic heterocycles. The molecule has 0 amide bonds. The molecule has 0 unspecified atom stereocenters. The largest absolute Gasteiger partial charge is 0.296 e. The highest BCUT2D eigenvalue weighted by Crippen LogP contribution is 2.25. The van der Waals surface area contributed by atoms with Crippen LogP contribution in [0.1, 0.15) is 24.2 Å².